The summed E-state index contributed by atoms with van der Waals surface area (Å²) in [5.74, 6) is 2.66. The van der Waals surface area contributed by atoms with E-state index in [1.54, 1.807) is 12.1 Å². The largest absolute Gasteiger partial charge is 0.490 e. The molecule has 0 bridgehead atoms. The number of benzene rings is 2. The van der Waals surface area contributed by atoms with Gasteiger partial charge in [-0.3, -0.25) is 0 Å². The first-order valence-electron chi connectivity index (χ1n) is 11.3. The number of fused-ring (bicyclic) bond motifs is 1. The van der Waals surface area contributed by atoms with E-state index in [2.05, 4.69) is 0 Å². The summed E-state index contributed by atoms with van der Waals surface area (Å²) >= 11 is 6.43. The van der Waals surface area contributed by atoms with E-state index in [4.69, 9.17) is 21.1 Å². The van der Waals surface area contributed by atoms with Gasteiger partial charge >= 0.3 is 0 Å². The molecular weight excluding hydrogens is 432 g/mol. The van der Waals surface area contributed by atoms with E-state index in [1.165, 1.54) is 19.3 Å². The van der Waals surface area contributed by atoms with Crippen LogP contribution in [0.25, 0.3) is 0 Å². The summed E-state index contributed by atoms with van der Waals surface area (Å²) in [6, 6.07) is 13.3. The van der Waals surface area contributed by atoms with Gasteiger partial charge in [0, 0.05) is 5.02 Å². The van der Waals surface area contributed by atoms with E-state index in [0.29, 0.717) is 23.1 Å². The molecule has 2 aliphatic carbocycles. The first kappa shape index (κ1) is 22.1. The average molecular weight is 461 g/mol. The summed E-state index contributed by atoms with van der Waals surface area (Å²) in [6.07, 6.45) is -1.30. The van der Waals surface area contributed by atoms with Crippen LogP contribution < -0.4 is 4.74 Å². The van der Waals surface area contributed by atoms with Crippen molar-refractivity contribution in [2.45, 2.75) is 62.3 Å². The Labute approximate surface area is 192 Å². The summed E-state index contributed by atoms with van der Waals surface area (Å²) in [6.45, 7) is -0.460. The molecule has 1 aliphatic heterocycles. The molecule has 5 rings (SSSR count). The molecule has 0 amide bonds. The average Bonchev–Trinajstić information content (AvgIpc) is 3.41. The van der Waals surface area contributed by atoms with Gasteiger partial charge in [0.2, 0.25) is 0 Å². The van der Waals surface area contributed by atoms with E-state index in [0.717, 1.165) is 28.7 Å². The molecule has 8 atom stereocenters. The van der Waals surface area contributed by atoms with Gasteiger partial charge in [-0.2, -0.15) is 0 Å². The maximum atomic E-state index is 10.4. The number of aliphatic hydroxyl groups is 4. The number of halogens is 1. The van der Waals surface area contributed by atoms with Crippen molar-refractivity contribution < 1.29 is 29.9 Å². The molecule has 0 spiro atoms. The van der Waals surface area contributed by atoms with Gasteiger partial charge in [0.05, 0.1) is 12.7 Å². The number of hydrogen-bond donors (Lipinski definition) is 4. The van der Waals surface area contributed by atoms with Crippen LogP contribution in [0.5, 0.6) is 5.75 Å². The van der Waals surface area contributed by atoms with Gasteiger partial charge in [0.1, 0.15) is 36.3 Å². The van der Waals surface area contributed by atoms with Crippen LogP contribution in [0.15, 0.2) is 42.5 Å². The molecule has 32 heavy (non-hydrogen) atoms. The lowest BCUT2D eigenvalue weighted by Crippen LogP contribution is -2.55. The van der Waals surface area contributed by atoms with Gasteiger partial charge in [0.25, 0.3) is 0 Å². The Morgan fingerprint density at radius 1 is 0.906 bits per heavy atom. The van der Waals surface area contributed by atoms with E-state index < -0.39 is 37.1 Å². The summed E-state index contributed by atoms with van der Waals surface area (Å²) in [4.78, 5) is 0. The molecule has 3 fully saturated rings. The SMILES string of the molecule is OC[C@H]1O[C@@H](c2ccc(Cl)c(Cc3ccc(OC4CC5C[C@H]5C4)cc3)c2)[C@H](O)[C@@H](O)[C@@H]1O. The standard InChI is InChI=1S/C25H29ClO6/c26-20-6-3-14(25-24(30)23(29)22(28)21(12-27)32-25)8-17(20)7-13-1-4-18(5-2-13)31-19-10-15-9-16(15)11-19/h1-6,8,15-16,19,21-25,27-30H,7,9-12H2/t15-,16?,19?,21+,22+,23-,24+,25-/m0/s1. The smallest absolute Gasteiger partial charge is 0.119 e. The highest BCUT2D eigenvalue weighted by atomic mass is 35.5. The number of rotatable bonds is 6. The van der Waals surface area contributed by atoms with E-state index in [1.807, 2.05) is 30.3 Å². The predicted molar refractivity (Wildman–Crippen MR) is 119 cm³/mol. The molecule has 2 aromatic carbocycles. The normalized spacial score (nSPS) is 36.0. The minimum absolute atomic E-state index is 0.342. The summed E-state index contributed by atoms with van der Waals surface area (Å²) in [5.41, 5.74) is 2.55. The number of ether oxygens (including phenoxy) is 2. The minimum Gasteiger partial charge on any atom is -0.490 e. The second-order valence-corrected chi connectivity index (χ2v) is 9.80. The monoisotopic (exact) mass is 460 g/mol. The zero-order valence-electron chi connectivity index (χ0n) is 17.7. The molecule has 2 saturated carbocycles. The fraction of sp³-hybridized carbons (Fsp3) is 0.520. The first-order chi connectivity index (χ1) is 15.4. The maximum absolute atomic E-state index is 10.4. The second kappa shape index (κ2) is 8.93. The lowest BCUT2D eigenvalue weighted by atomic mass is 9.90. The number of aliphatic hydroxyl groups excluding tert-OH is 4. The van der Waals surface area contributed by atoms with Gasteiger partial charge in [-0.25, -0.2) is 0 Å². The van der Waals surface area contributed by atoms with Crippen molar-refractivity contribution in [2.75, 3.05) is 6.61 Å². The van der Waals surface area contributed by atoms with Crippen LogP contribution >= 0.6 is 11.6 Å². The van der Waals surface area contributed by atoms with Crippen molar-refractivity contribution >= 4 is 11.6 Å². The van der Waals surface area contributed by atoms with Crippen LogP contribution in [0.3, 0.4) is 0 Å². The highest BCUT2D eigenvalue weighted by molar-refractivity contribution is 6.31. The second-order valence-electron chi connectivity index (χ2n) is 9.39. The molecule has 0 radical (unpaired) electrons. The maximum Gasteiger partial charge on any atom is 0.119 e. The molecule has 1 saturated heterocycles. The molecule has 2 aromatic rings. The Morgan fingerprint density at radius 2 is 1.62 bits per heavy atom. The highest BCUT2D eigenvalue weighted by Gasteiger charge is 2.47. The van der Waals surface area contributed by atoms with Crippen LogP contribution in [0, 0.1) is 11.8 Å². The Bertz CT molecular complexity index is 938. The predicted octanol–water partition coefficient (Wildman–Crippen LogP) is 2.62. The van der Waals surface area contributed by atoms with E-state index in [-0.39, 0.29) is 0 Å². The lowest BCUT2D eigenvalue weighted by molar-refractivity contribution is -0.231. The van der Waals surface area contributed by atoms with Gasteiger partial charge in [-0.05, 0) is 72.4 Å². The Kier molecular flexibility index (Phi) is 6.18. The molecule has 2 unspecified atom stereocenters. The van der Waals surface area contributed by atoms with Crippen LogP contribution in [-0.2, 0) is 11.2 Å². The lowest BCUT2D eigenvalue weighted by Gasteiger charge is -2.40. The van der Waals surface area contributed by atoms with Gasteiger partial charge < -0.3 is 29.9 Å². The van der Waals surface area contributed by atoms with Crippen molar-refractivity contribution in [3.8, 4) is 5.75 Å². The zero-order chi connectivity index (χ0) is 22.4. The van der Waals surface area contributed by atoms with Crippen LogP contribution in [-0.4, -0.2) is 57.6 Å². The molecule has 172 valence electrons. The van der Waals surface area contributed by atoms with Crippen LogP contribution in [0.1, 0.15) is 42.1 Å². The van der Waals surface area contributed by atoms with Crippen molar-refractivity contribution in [1.29, 1.82) is 0 Å². The molecule has 0 aromatic heterocycles. The van der Waals surface area contributed by atoms with Crippen molar-refractivity contribution in [1.82, 2.24) is 0 Å². The summed E-state index contributed by atoms with van der Waals surface area (Å²) in [7, 11) is 0. The third-order valence-electron chi connectivity index (χ3n) is 7.11. The Hall–Kier alpha value is -1.67. The molecule has 1 heterocycles. The molecule has 6 nitrogen and oxygen atoms in total. The molecule has 3 aliphatic rings. The van der Waals surface area contributed by atoms with Crippen molar-refractivity contribution in [3.63, 3.8) is 0 Å². The van der Waals surface area contributed by atoms with Crippen molar-refractivity contribution in [3.05, 3.63) is 64.2 Å². The van der Waals surface area contributed by atoms with Gasteiger partial charge in [-0.15, -0.1) is 0 Å². The molecule has 7 heteroatoms. The fourth-order valence-electron chi connectivity index (χ4n) is 5.14. The third kappa shape index (κ3) is 4.40. The van der Waals surface area contributed by atoms with Gasteiger partial charge in [0.15, 0.2) is 0 Å². The van der Waals surface area contributed by atoms with E-state index >= 15 is 0 Å². The van der Waals surface area contributed by atoms with Crippen LogP contribution in [0.2, 0.25) is 5.02 Å². The quantitative estimate of drug-likeness (QED) is 0.529. The molecular formula is C25H29ClO6. The third-order valence-corrected chi connectivity index (χ3v) is 7.48. The molecule has 4 N–H and O–H groups in total. The Morgan fingerprint density at radius 3 is 2.31 bits per heavy atom. The first-order valence-corrected chi connectivity index (χ1v) is 11.6. The van der Waals surface area contributed by atoms with Crippen molar-refractivity contribution in [2.24, 2.45) is 11.8 Å². The summed E-state index contributed by atoms with van der Waals surface area (Å²) < 4.78 is 11.8. The zero-order valence-corrected chi connectivity index (χ0v) is 18.4. The van der Waals surface area contributed by atoms with Crippen LogP contribution in [0.4, 0.5) is 0 Å². The van der Waals surface area contributed by atoms with Gasteiger partial charge in [-0.1, -0.05) is 35.9 Å². The fourth-order valence-corrected chi connectivity index (χ4v) is 5.32. The highest BCUT2D eigenvalue weighted by Crippen LogP contribution is 2.52. The summed E-state index contributed by atoms with van der Waals surface area (Å²) in [5, 5.41) is 40.6. The van der Waals surface area contributed by atoms with E-state index in [9.17, 15) is 20.4 Å². The topological polar surface area (TPSA) is 99.4 Å². The minimum atomic E-state index is -1.41. The number of hydrogen-bond acceptors (Lipinski definition) is 6. The Balaban J connectivity index is 1.28.